The van der Waals surface area contributed by atoms with E-state index in [1.54, 1.807) is 21.1 Å². The van der Waals surface area contributed by atoms with E-state index in [1.807, 2.05) is 0 Å². The summed E-state index contributed by atoms with van der Waals surface area (Å²) in [7, 11) is 3.25. The van der Waals surface area contributed by atoms with Crippen LogP contribution in [0.2, 0.25) is 5.02 Å². The fraction of sp³-hybridized carbons (Fsp3) is 0.400. The van der Waals surface area contributed by atoms with Crippen LogP contribution in [-0.4, -0.2) is 48.7 Å². The third kappa shape index (κ3) is 11.2. The molecule has 3 N–H and O–H groups in total. The van der Waals surface area contributed by atoms with Crippen molar-refractivity contribution in [1.29, 1.82) is 0 Å². The van der Waals surface area contributed by atoms with Crippen LogP contribution >= 0.6 is 11.6 Å². The van der Waals surface area contributed by atoms with Gasteiger partial charge in [-0.3, -0.25) is 9.59 Å². The van der Waals surface area contributed by atoms with Crippen LogP contribution in [-0.2, 0) is 66.6 Å². The van der Waals surface area contributed by atoms with Crippen molar-refractivity contribution in [3.63, 3.8) is 0 Å². The Balaban J connectivity index is 0. The fourth-order valence-electron chi connectivity index (χ4n) is 1.61. The van der Waals surface area contributed by atoms with E-state index in [9.17, 15) is 4.79 Å². The third-order valence-corrected chi connectivity index (χ3v) is 8.98. The normalized spacial score (nSPS) is 9.00. The van der Waals surface area contributed by atoms with Gasteiger partial charge in [0.05, 0.1) is 0 Å². The number of halogens is 1. The zero-order valence-electron chi connectivity index (χ0n) is 15.4. The zero-order valence-corrected chi connectivity index (χ0v) is 27.2. The van der Waals surface area contributed by atoms with Gasteiger partial charge in [0.15, 0.2) is 0 Å². The predicted octanol–water partition coefficient (Wildman–Crippen LogP) is 0.884. The fourth-order valence-corrected chi connectivity index (χ4v) is 6.56. The molecule has 0 aromatic heterocycles. The molecule has 11 heteroatoms. The first-order valence-electron chi connectivity index (χ1n) is 7.14. The van der Waals surface area contributed by atoms with Crippen LogP contribution in [0, 0.1) is 0 Å². The van der Waals surface area contributed by atoms with Crippen LogP contribution in [0.25, 0.3) is 0 Å². The van der Waals surface area contributed by atoms with E-state index in [2.05, 4.69) is 5.32 Å². The summed E-state index contributed by atoms with van der Waals surface area (Å²) < 4.78 is 12.9. The number of rotatable bonds is 5. The number of carboxylic acid groups (broad SMARTS) is 2. The third-order valence-electron chi connectivity index (χ3n) is 2.46. The molecule has 26 heavy (non-hydrogen) atoms. The molecule has 0 atom stereocenters. The first-order valence-corrected chi connectivity index (χ1v) is 13.0. The summed E-state index contributed by atoms with van der Waals surface area (Å²) in [6.07, 6.45) is 0. The SMILES string of the molecule is CC(=O)O.CC(=O)O.COc1c(Cl)[c]([Hg])c(NCC(C)=O)c(OC)[c]1[Hg]. The minimum absolute atomic E-state index is 0.0801. The average Bonchev–Trinajstić information content (AvgIpc) is 2.48. The van der Waals surface area contributed by atoms with Crippen molar-refractivity contribution < 1.29 is 86.3 Å². The van der Waals surface area contributed by atoms with Crippen molar-refractivity contribution >= 4 is 41.2 Å². The molecule has 0 radical (unpaired) electrons. The first-order chi connectivity index (χ1) is 11.9. The molecule has 138 valence electrons. The van der Waals surface area contributed by atoms with E-state index in [0.29, 0.717) is 57.3 Å². The molecule has 0 unspecified atom stereocenters. The van der Waals surface area contributed by atoms with Gasteiger partial charge in [-0.25, -0.2) is 0 Å². The van der Waals surface area contributed by atoms with Crippen molar-refractivity contribution in [2.24, 2.45) is 0 Å². The number of hydrogen-bond acceptors (Lipinski definition) is 6. The van der Waals surface area contributed by atoms with Gasteiger partial charge in [-0.1, -0.05) is 0 Å². The summed E-state index contributed by atoms with van der Waals surface area (Å²) in [4.78, 5) is 29.1. The average molecular weight is 763 g/mol. The number of ether oxygens (including phenoxy) is 2. The number of benzene rings is 1. The minimum atomic E-state index is -0.833. The molecule has 0 bridgehead atoms. The molecule has 1 aromatic carbocycles. The molecule has 1 rings (SSSR count). The van der Waals surface area contributed by atoms with Gasteiger partial charge in [0.2, 0.25) is 0 Å². The Kier molecular flexibility index (Phi) is 15.3. The first kappa shape index (κ1) is 27.6. The second-order valence-electron chi connectivity index (χ2n) is 4.81. The molecule has 0 aliphatic heterocycles. The molecule has 0 saturated carbocycles. The number of anilines is 1. The number of Topliss-reactive ketones (excluding diaryl/α,β-unsaturated/α-hetero) is 1. The van der Waals surface area contributed by atoms with Gasteiger partial charge in [0, 0.05) is 13.8 Å². The maximum atomic E-state index is 11.1. The van der Waals surface area contributed by atoms with E-state index in [-0.39, 0.29) is 12.3 Å². The number of nitrogens with one attached hydrogen (secondary N) is 1. The second kappa shape index (κ2) is 14.4. The van der Waals surface area contributed by atoms with Crippen LogP contribution in [0.15, 0.2) is 0 Å². The summed E-state index contributed by atoms with van der Waals surface area (Å²) in [6, 6.07) is 0. The standard InChI is InChI=1S/C11H12ClNO3.2C2H4O2.2Hg/c1-7(14)6-13-9-4-8(12)10(15-2)5-11(9)16-3;2*1-2(3)4;;/h13H,6H2,1-3H3;2*1H3,(H,3,4);;. The molecule has 0 saturated heterocycles. The van der Waals surface area contributed by atoms with Crippen LogP contribution in [0.5, 0.6) is 11.5 Å². The molecule has 0 amide bonds. The van der Waals surface area contributed by atoms with Crippen molar-refractivity contribution in [3.05, 3.63) is 5.02 Å². The van der Waals surface area contributed by atoms with Crippen LogP contribution in [0.4, 0.5) is 5.69 Å². The van der Waals surface area contributed by atoms with Crippen LogP contribution < -0.4 is 20.9 Å². The van der Waals surface area contributed by atoms with Crippen molar-refractivity contribution in [2.75, 3.05) is 26.1 Å². The molecule has 0 fully saturated rings. The number of aliphatic carboxylic acids is 2. The van der Waals surface area contributed by atoms with Crippen LogP contribution in [0.3, 0.4) is 0 Å². The summed E-state index contributed by atoms with van der Waals surface area (Å²) in [6.45, 7) is 4.00. The predicted molar refractivity (Wildman–Crippen MR) is 89.6 cm³/mol. The monoisotopic (exact) mass is 765 g/mol. The molecule has 1 aromatic rings. The van der Waals surface area contributed by atoms with Gasteiger partial charge in [0.25, 0.3) is 11.9 Å². The Morgan fingerprint density at radius 2 is 1.35 bits per heavy atom. The zero-order chi connectivity index (χ0) is 21.0. The number of carbonyl (C=O) groups is 3. The van der Waals surface area contributed by atoms with E-state index in [1.165, 1.54) is 0 Å². The Morgan fingerprint density at radius 3 is 1.65 bits per heavy atom. The van der Waals surface area contributed by atoms with Crippen molar-refractivity contribution in [2.45, 2.75) is 20.8 Å². The quantitative estimate of drug-likeness (QED) is 0.379. The number of hydrogen-bond donors (Lipinski definition) is 3. The number of carboxylic acids is 2. The Bertz CT molecular complexity index is 634. The number of carbonyl (C=O) groups excluding carboxylic acids is 1. The molecule has 0 spiro atoms. The summed E-state index contributed by atoms with van der Waals surface area (Å²) >= 11 is 6.92. The second-order valence-corrected chi connectivity index (χ2v) is 10.7. The van der Waals surface area contributed by atoms with Gasteiger partial charge in [0.1, 0.15) is 0 Å². The summed E-state index contributed by atoms with van der Waals surface area (Å²) in [5, 5.41) is 18.6. The van der Waals surface area contributed by atoms with E-state index in [4.69, 9.17) is 40.9 Å². The van der Waals surface area contributed by atoms with Crippen molar-refractivity contribution in [3.8, 4) is 11.5 Å². The van der Waals surface area contributed by atoms with E-state index in [0.717, 1.165) is 37.2 Å². The molecular weight excluding hydrogens is 743 g/mol. The topological polar surface area (TPSA) is 122 Å². The number of methoxy groups -OCH3 is 2. The molecule has 0 aliphatic carbocycles. The van der Waals surface area contributed by atoms with E-state index >= 15 is 0 Å². The van der Waals surface area contributed by atoms with Gasteiger partial charge in [-0.05, 0) is 0 Å². The maximum absolute atomic E-state index is 11.1. The van der Waals surface area contributed by atoms with Gasteiger partial charge < -0.3 is 10.2 Å². The molecule has 0 heterocycles. The molecule has 8 nitrogen and oxygen atoms in total. The Hall–Kier alpha value is -0.610. The van der Waals surface area contributed by atoms with Crippen LogP contribution in [0.1, 0.15) is 20.8 Å². The number of ketones is 1. The Labute approximate surface area is 189 Å². The van der Waals surface area contributed by atoms with Gasteiger partial charge in [-0.2, -0.15) is 0 Å². The molecule has 0 aliphatic rings. The van der Waals surface area contributed by atoms with Gasteiger partial charge >= 0.3 is 145 Å². The summed E-state index contributed by atoms with van der Waals surface area (Å²) in [5.41, 5.74) is 0.867. The van der Waals surface area contributed by atoms with E-state index < -0.39 is 11.9 Å². The molecular formula is C15H20ClHg2NO7. The van der Waals surface area contributed by atoms with Gasteiger partial charge in [-0.15, -0.1) is 0 Å². The summed E-state index contributed by atoms with van der Waals surface area (Å²) in [5.74, 6) is -0.0717. The Morgan fingerprint density at radius 1 is 0.962 bits per heavy atom. The van der Waals surface area contributed by atoms with Crippen molar-refractivity contribution in [1.82, 2.24) is 0 Å².